The Morgan fingerprint density at radius 2 is 2.29 bits per heavy atom. The molecule has 0 N–H and O–H groups in total. The molecule has 1 heterocycles. The van der Waals surface area contributed by atoms with Crippen molar-refractivity contribution in [1.29, 1.82) is 0 Å². The minimum Gasteiger partial charge on any atom is -0.548 e. The van der Waals surface area contributed by atoms with Gasteiger partial charge >= 0.3 is 0 Å². The first kappa shape index (κ1) is 11.4. The number of nitrogens with zero attached hydrogens (tertiary/aromatic N) is 1. The molecule has 4 nitrogen and oxygen atoms in total. The lowest BCUT2D eigenvalue weighted by atomic mass is 10.1. The van der Waals surface area contributed by atoms with Gasteiger partial charge in [-0.3, -0.25) is 4.79 Å². The summed E-state index contributed by atoms with van der Waals surface area (Å²) in [5.41, 5.74) is 0. The molecule has 1 aliphatic rings. The summed E-state index contributed by atoms with van der Waals surface area (Å²) < 4.78 is 0. The highest BCUT2D eigenvalue weighted by Gasteiger charge is 2.31. The van der Waals surface area contributed by atoms with E-state index >= 15 is 0 Å². The number of carboxylic acids is 1. The van der Waals surface area contributed by atoms with Crippen molar-refractivity contribution in [2.75, 3.05) is 12.3 Å². The lowest BCUT2D eigenvalue weighted by Gasteiger charge is -2.27. The van der Waals surface area contributed by atoms with Crippen LogP contribution in [-0.2, 0) is 9.59 Å². The van der Waals surface area contributed by atoms with Gasteiger partial charge in [0, 0.05) is 18.2 Å². The third-order valence-corrected chi connectivity index (χ3v) is 3.05. The van der Waals surface area contributed by atoms with Gasteiger partial charge in [-0.15, -0.1) is 0 Å². The SMILES string of the molecule is C[C@H](CS)C(=O)N1CCC[C@H]1C(=O)[O-]. The standard InChI is InChI=1S/C9H15NO3S/c1-6(5-14)8(11)10-4-2-3-7(10)9(12)13/h6-7,14H,2-5H2,1H3,(H,12,13)/p-1/t6-,7+/m1/s1. The predicted octanol–water partition coefficient (Wildman–Crippen LogP) is -0.707. The van der Waals surface area contributed by atoms with Crippen LogP contribution in [0.1, 0.15) is 19.8 Å². The zero-order valence-corrected chi connectivity index (χ0v) is 9.00. The molecule has 2 atom stereocenters. The van der Waals surface area contributed by atoms with Gasteiger partial charge in [-0.25, -0.2) is 0 Å². The van der Waals surface area contributed by atoms with Gasteiger partial charge in [0.1, 0.15) is 0 Å². The highest BCUT2D eigenvalue weighted by Crippen LogP contribution is 2.19. The second kappa shape index (κ2) is 4.68. The summed E-state index contributed by atoms with van der Waals surface area (Å²) in [6, 6.07) is -0.732. The zero-order valence-electron chi connectivity index (χ0n) is 8.10. The molecule has 1 aliphatic heterocycles. The Morgan fingerprint density at radius 3 is 2.79 bits per heavy atom. The van der Waals surface area contributed by atoms with E-state index in [0.717, 1.165) is 6.42 Å². The quantitative estimate of drug-likeness (QED) is 0.634. The van der Waals surface area contributed by atoms with Crippen molar-refractivity contribution >= 4 is 24.5 Å². The van der Waals surface area contributed by atoms with Gasteiger partial charge in [0.15, 0.2) is 0 Å². The van der Waals surface area contributed by atoms with Crippen LogP contribution in [0.3, 0.4) is 0 Å². The Balaban J connectivity index is 2.67. The van der Waals surface area contributed by atoms with Crippen molar-refractivity contribution in [1.82, 2.24) is 4.90 Å². The van der Waals surface area contributed by atoms with E-state index in [2.05, 4.69) is 12.6 Å². The number of aliphatic carboxylic acids is 1. The Morgan fingerprint density at radius 1 is 1.64 bits per heavy atom. The zero-order chi connectivity index (χ0) is 10.7. The fourth-order valence-electron chi connectivity index (χ4n) is 1.64. The van der Waals surface area contributed by atoms with E-state index in [0.29, 0.717) is 18.7 Å². The van der Waals surface area contributed by atoms with Crippen LogP contribution in [-0.4, -0.2) is 35.1 Å². The number of hydrogen-bond donors (Lipinski definition) is 1. The van der Waals surface area contributed by atoms with Crippen LogP contribution in [0.2, 0.25) is 0 Å². The van der Waals surface area contributed by atoms with Crippen LogP contribution in [0.5, 0.6) is 0 Å². The van der Waals surface area contributed by atoms with Crippen LogP contribution < -0.4 is 5.11 Å². The average molecular weight is 216 g/mol. The number of carbonyl (C=O) groups excluding carboxylic acids is 2. The molecule has 1 amide bonds. The molecule has 0 spiro atoms. The predicted molar refractivity (Wildman–Crippen MR) is 52.8 cm³/mol. The molecule has 14 heavy (non-hydrogen) atoms. The third kappa shape index (κ3) is 2.20. The molecular weight excluding hydrogens is 202 g/mol. The molecule has 0 radical (unpaired) electrons. The maximum Gasteiger partial charge on any atom is 0.226 e. The number of thiol groups is 1. The lowest BCUT2D eigenvalue weighted by Crippen LogP contribution is -2.48. The Kier molecular flexibility index (Phi) is 3.80. The second-order valence-electron chi connectivity index (χ2n) is 3.59. The van der Waals surface area contributed by atoms with Crippen LogP contribution >= 0.6 is 12.6 Å². The number of hydrogen-bond acceptors (Lipinski definition) is 4. The van der Waals surface area contributed by atoms with Gasteiger partial charge in [0.2, 0.25) is 5.91 Å². The van der Waals surface area contributed by atoms with E-state index in [1.807, 2.05) is 0 Å². The number of rotatable bonds is 3. The minimum absolute atomic E-state index is 0.133. The minimum atomic E-state index is -1.15. The summed E-state index contributed by atoms with van der Waals surface area (Å²) in [6.45, 7) is 2.27. The highest BCUT2D eigenvalue weighted by molar-refractivity contribution is 7.80. The van der Waals surface area contributed by atoms with Crippen LogP contribution in [0.15, 0.2) is 0 Å². The van der Waals surface area contributed by atoms with Crippen molar-refractivity contribution in [2.24, 2.45) is 5.92 Å². The first-order valence-corrected chi connectivity index (χ1v) is 5.33. The van der Waals surface area contributed by atoms with Gasteiger partial charge in [-0.05, 0) is 12.8 Å². The molecule has 1 fully saturated rings. The summed E-state index contributed by atoms with van der Waals surface area (Å²) in [5.74, 6) is -1.07. The van der Waals surface area contributed by atoms with E-state index < -0.39 is 12.0 Å². The van der Waals surface area contributed by atoms with E-state index in [9.17, 15) is 14.7 Å². The molecule has 0 aromatic carbocycles. The highest BCUT2D eigenvalue weighted by atomic mass is 32.1. The number of likely N-dealkylation sites (tertiary alicyclic amines) is 1. The molecule has 0 aromatic heterocycles. The molecule has 1 saturated heterocycles. The monoisotopic (exact) mass is 216 g/mol. The molecule has 80 valence electrons. The first-order valence-electron chi connectivity index (χ1n) is 4.70. The van der Waals surface area contributed by atoms with Gasteiger partial charge in [0.25, 0.3) is 0 Å². The van der Waals surface area contributed by atoms with Gasteiger partial charge in [-0.2, -0.15) is 12.6 Å². The number of carbonyl (C=O) groups is 2. The van der Waals surface area contributed by atoms with Gasteiger partial charge in [-0.1, -0.05) is 6.92 Å². The summed E-state index contributed by atoms with van der Waals surface area (Å²) in [5, 5.41) is 10.7. The lowest BCUT2D eigenvalue weighted by molar-refractivity contribution is -0.310. The van der Waals surface area contributed by atoms with Crippen molar-refractivity contribution < 1.29 is 14.7 Å². The van der Waals surface area contributed by atoms with Crippen molar-refractivity contribution in [2.45, 2.75) is 25.8 Å². The summed E-state index contributed by atoms with van der Waals surface area (Å²) in [7, 11) is 0. The van der Waals surface area contributed by atoms with Crippen LogP contribution in [0.4, 0.5) is 0 Å². The van der Waals surface area contributed by atoms with E-state index in [1.54, 1.807) is 6.92 Å². The maximum atomic E-state index is 11.7. The Bertz CT molecular complexity index is 244. The fourth-order valence-corrected chi connectivity index (χ4v) is 1.79. The molecule has 1 rings (SSSR count). The largest absolute Gasteiger partial charge is 0.548 e. The maximum absolute atomic E-state index is 11.7. The van der Waals surface area contributed by atoms with Gasteiger partial charge < -0.3 is 14.8 Å². The van der Waals surface area contributed by atoms with Crippen molar-refractivity contribution in [3.8, 4) is 0 Å². The fraction of sp³-hybridized carbons (Fsp3) is 0.778. The topological polar surface area (TPSA) is 60.4 Å². The third-order valence-electron chi connectivity index (χ3n) is 2.50. The Hall–Kier alpha value is -0.710. The van der Waals surface area contributed by atoms with Crippen molar-refractivity contribution in [3.05, 3.63) is 0 Å². The average Bonchev–Trinajstić information content (AvgIpc) is 2.63. The molecule has 0 saturated carbocycles. The number of carboxylic acid groups (broad SMARTS) is 1. The first-order chi connectivity index (χ1) is 6.57. The van der Waals surface area contributed by atoms with Crippen molar-refractivity contribution in [3.63, 3.8) is 0 Å². The summed E-state index contributed by atoms with van der Waals surface area (Å²) in [6.07, 6.45) is 1.25. The molecule has 0 bridgehead atoms. The molecule has 5 heteroatoms. The molecular formula is C9H14NO3S-. The normalized spacial score (nSPS) is 23.6. The van der Waals surface area contributed by atoms with Crippen LogP contribution in [0, 0.1) is 5.92 Å². The van der Waals surface area contributed by atoms with Gasteiger partial charge in [0.05, 0.1) is 12.0 Å². The van der Waals surface area contributed by atoms with Crippen LogP contribution in [0.25, 0.3) is 0 Å². The smallest absolute Gasteiger partial charge is 0.226 e. The molecule has 0 unspecified atom stereocenters. The van der Waals surface area contributed by atoms with E-state index in [-0.39, 0.29) is 11.8 Å². The summed E-state index contributed by atoms with van der Waals surface area (Å²) >= 11 is 4.02. The van der Waals surface area contributed by atoms with E-state index in [4.69, 9.17) is 0 Å². The molecule has 0 aromatic rings. The summed E-state index contributed by atoms with van der Waals surface area (Å²) in [4.78, 5) is 23.8. The Labute approximate surface area is 88.7 Å². The van der Waals surface area contributed by atoms with E-state index in [1.165, 1.54) is 4.90 Å². The molecule has 0 aliphatic carbocycles. The second-order valence-corrected chi connectivity index (χ2v) is 3.96. The number of amides is 1.